The summed E-state index contributed by atoms with van der Waals surface area (Å²) in [6.07, 6.45) is -8.90. The van der Waals surface area contributed by atoms with E-state index in [4.69, 9.17) is 15.3 Å². The van der Waals surface area contributed by atoms with Gasteiger partial charge in [0.05, 0.1) is 0 Å². The third kappa shape index (κ3) is 4.44. The summed E-state index contributed by atoms with van der Waals surface area (Å²) >= 11 is 0. The Kier molecular flexibility index (Phi) is 3.39. The van der Waals surface area contributed by atoms with Crippen LogP contribution in [-0.2, 0) is 4.74 Å². The SMILES string of the molecule is OC(O)(O)COC(F)(F)C(F)F. The quantitative estimate of drug-likeness (QED) is 0.416. The van der Waals surface area contributed by atoms with E-state index in [1.54, 1.807) is 0 Å². The van der Waals surface area contributed by atoms with Crippen molar-refractivity contribution in [2.24, 2.45) is 0 Å². The average molecular weight is 194 g/mol. The lowest BCUT2D eigenvalue weighted by Gasteiger charge is -2.19. The lowest BCUT2D eigenvalue weighted by atomic mass is 10.6. The fourth-order valence-corrected chi connectivity index (χ4v) is 0.256. The fraction of sp³-hybridized carbons (Fsp3) is 1.00. The molecule has 0 heterocycles. The molecule has 0 atom stereocenters. The molecule has 4 nitrogen and oxygen atoms in total. The van der Waals surface area contributed by atoms with Crippen LogP contribution in [0.1, 0.15) is 0 Å². The van der Waals surface area contributed by atoms with E-state index in [0.29, 0.717) is 0 Å². The topological polar surface area (TPSA) is 69.9 Å². The van der Waals surface area contributed by atoms with Gasteiger partial charge >= 0.3 is 18.5 Å². The first kappa shape index (κ1) is 11.6. The summed E-state index contributed by atoms with van der Waals surface area (Å²) in [5.41, 5.74) is 0. The van der Waals surface area contributed by atoms with Crippen LogP contribution in [0.15, 0.2) is 0 Å². The van der Waals surface area contributed by atoms with Crippen LogP contribution in [-0.4, -0.2) is 40.4 Å². The van der Waals surface area contributed by atoms with E-state index >= 15 is 0 Å². The van der Waals surface area contributed by atoms with Crippen molar-refractivity contribution in [2.75, 3.05) is 6.61 Å². The Balaban J connectivity index is 3.93. The van der Waals surface area contributed by atoms with Gasteiger partial charge in [0.15, 0.2) is 0 Å². The highest BCUT2D eigenvalue weighted by atomic mass is 19.3. The van der Waals surface area contributed by atoms with Crippen molar-refractivity contribution in [3.05, 3.63) is 0 Å². The minimum Gasteiger partial charge on any atom is -0.342 e. The minimum atomic E-state index is -4.81. The van der Waals surface area contributed by atoms with E-state index < -0.39 is 25.1 Å². The second-order valence-corrected chi connectivity index (χ2v) is 1.93. The Bertz CT molecular complexity index is 142. The second-order valence-electron chi connectivity index (χ2n) is 1.93. The van der Waals surface area contributed by atoms with Gasteiger partial charge in [-0.25, -0.2) is 8.78 Å². The summed E-state index contributed by atoms with van der Waals surface area (Å²) in [6.45, 7) is -1.73. The zero-order valence-electron chi connectivity index (χ0n) is 5.55. The highest BCUT2D eigenvalue weighted by Gasteiger charge is 2.44. The second kappa shape index (κ2) is 3.52. The van der Waals surface area contributed by atoms with Crippen LogP contribution in [0.3, 0.4) is 0 Å². The summed E-state index contributed by atoms with van der Waals surface area (Å²) in [4.78, 5) is 0. The fourth-order valence-electron chi connectivity index (χ4n) is 0.256. The maximum absolute atomic E-state index is 11.8. The normalized spacial score (nSPS) is 14.0. The molecule has 0 saturated heterocycles. The van der Waals surface area contributed by atoms with Crippen LogP contribution in [0, 0.1) is 0 Å². The number of hydrogen-bond donors (Lipinski definition) is 3. The van der Waals surface area contributed by atoms with Gasteiger partial charge in [0.1, 0.15) is 6.61 Å². The molecule has 0 saturated carbocycles. The molecule has 0 amide bonds. The smallest absolute Gasteiger partial charge is 0.342 e. The molecular formula is C4H6F4O4. The van der Waals surface area contributed by atoms with Crippen LogP contribution in [0.4, 0.5) is 17.6 Å². The van der Waals surface area contributed by atoms with E-state index in [-0.39, 0.29) is 0 Å². The summed E-state index contributed by atoms with van der Waals surface area (Å²) in [5.74, 6) is -3.54. The molecule has 12 heavy (non-hydrogen) atoms. The van der Waals surface area contributed by atoms with Gasteiger partial charge in [-0.15, -0.1) is 0 Å². The van der Waals surface area contributed by atoms with Gasteiger partial charge in [0, 0.05) is 0 Å². The standard InChI is InChI=1S/C4H6F4O4/c5-2(6)4(7,8)12-1-3(9,10)11/h2,9-11H,1H2. The van der Waals surface area contributed by atoms with Crippen LogP contribution in [0.2, 0.25) is 0 Å². The maximum atomic E-state index is 11.8. The van der Waals surface area contributed by atoms with Gasteiger partial charge in [0.2, 0.25) is 0 Å². The molecule has 0 unspecified atom stereocenters. The molecule has 3 N–H and O–H groups in total. The van der Waals surface area contributed by atoms with E-state index in [0.717, 1.165) is 0 Å². The maximum Gasteiger partial charge on any atom is 0.416 e. The van der Waals surface area contributed by atoms with Crippen LogP contribution >= 0.6 is 0 Å². The number of aliphatic hydroxyl groups is 3. The van der Waals surface area contributed by atoms with E-state index in [1.807, 2.05) is 0 Å². The zero-order chi connectivity index (χ0) is 9.99. The molecule has 0 aromatic carbocycles. The van der Waals surface area contributed by atoms with Crippen molar-refractivity contribution in [1.29, 1.82) is 0 Å². The van der Waals surface area contributed by atoms with Crippen LogP contribution in [0.25, 0.3) is 0 Å². The Labute approximate surface area is 64.0 Å². The van der Waals surface area contributed by atoms with Crippen molar-refractivity contribution in [2.45, 2.75) is 18.5 Å². The molecule has 0 aliphatic rings. The molecule has 0 aliphatic carbocycles. The Morgan fingerprint density at radius 3 is 1.83 bits per heavy atom. The molecular weight excluding hydrogens is 188 g/mol. The van der Waals surface area contributed by atoms with Gasteiger partial charge in [-0.2, -0.15) is 8.78 Å². The van der Waals surface area contributed by atoms with E-state index in [9.17, 15) is 17.6 Å². The van der Waals surface area contributed by atoms with E-state index in [2.05, 4.69) is 4.74 Å². The molecule has 0 aromatic rings. The van der Waals surface area contributed by atoms with Crippen molar-refractivity contribution >= 4 is 0 Å². The Morgan fingerprint density at radius 2 is 1.58 bits per heavy atom. The largest absolute Gasteiger partial charge is 0.416 e. The van der Waals surface area contributed by atoms with Gasteiger partial charge in [-0.05, 0) is 0 Å². The number of alkyl halides is 4. The lowest BCUT2D eigenvalue weighted by molar-refractivity contribution is -0.383. The van der Waals surface area contributed by atoms with Gasteiger partial charge in [-0.3, -0.25) is 0 Å². The Morgan fingerprint density at radius 1 is 1.17 bits per heavy atom. The van der Waals surface area contributed by atoms with Gasteiger partial charge in [-0.1, -0.05) is 0 Å². The highest BCUT2D eigenvalue weighted by Crippen LogP contribution is 2.24. The molecule has 0 bridgehead atoms. The first-order valence-electron chi connectivity index (χ1n) is 2.62. The summed E-state index contributed by atoms with van der Waals surface area (Å²) in [6, 6.07) is 0. The van der Waals surface area contributed by atoms with E-state index in [1.165, 1.54) is 0 Å². The predicted octanol–water partition coefficient (Wildman–Crippen LogP) is -0.508. The minimum absolute atomic E-state index is 1.73. The number of ether oxygens (including phenoxy) is 1. The third-order valence-electron chi connectivity index (χ3n) is 0.712. The number of rotatable bonds is 4. The van der Waals surface area contributed by atoms with Gasteiger partial charge in [0.25, 0.3) is 0 Å². The van der Waals surface area contributed by atoms with Crippen molar-refractivity contribution in [3.63, 3.8) is 0 Å². The predicted molar refractivity (Wildman–Crippen MR) is 26.3 cm³/mol. The lowest BCUT2D eigenvalue weighted by Crippen LogP contribution is -2.40. The zero-order valence-corrected chi connectivity index (χ0v) is 5.55. The molecule has 8 heteroatoms. The number of hydrogen-bond acceptors (Lipinski definition) is 4. The summed E-state index contributed by atoms with van der Waals surface area (Å²) in [7, 11) is 0. The van der Waals surface area contributed by atoms with Crippen molar-refractivity contribution in [1.82, 2.24) is 0 Å². The molecule has 0 rings (SSSR count). The number of halogens is 4. The van der Waals surface area contributed by atoms with Crippen LogP contribution in [0.5, 0.6) is 0 Å². The van der Waals surface area contributed by atoms with Crippen molar-refractivity contribution < 1.29 is 37.6 Å². The average Bonchev–Trinajstić information content (AvgIpc) is 1.82. The van der Waals surface area contributed by atoms with Crippen molar-refractivity contribution in [3.8, 4) is 0 Å². The van der Waals surface area contributed by atoms with Crippen LogP contribution < -0.4 is 0 Å². The summed E-state index contributed by atoms with van der Waals surface area (Å²) < 4.78 is 49.1. The molecule has 0 aliphatic heterocycles. The molecule has 0 spiro atoms. The monoisotopic (exact) mass is 194 g/mol. The summed E-state index contributed by atoms with van der Waals surface area (Å²) in [5, 5.41) is 23.9. The molecule has 0 aromatic heterocycles. The molecule has 0 fully saturated rings. The first-order chi connectivity index (χ1) is 5.15. The first-order valence-corrected chi connectivity index (χ1v) is 2.62. The highest BCUT2D eigenvalue weighted by molar-refractivity contribution is 4.56. The van der Waals surface area contributed by atoms with Gasteiger partial charge < -0.3 is 20.1 Å². The molecule has 0 radical (unpaired) electrons. The Hall–Kier alpha value is -0.440. The molecule has 74 valence electrons. The third-order valence-corrected chi connectivity index (χ3v) is 0.712.